The topological polar surface area (TPSA) is 53.9 Å². The zero-order valence-corrected chi connectivity index (χ0v) is 13.4. The highest BCUT2D eigenvalue weighted by Gasteiger charge is 2.34. The Morgan fingerprint density at radius 1 is 1.48 bits per heavy atom. The molecule has 0 spiro atoms. The highest BCUT2D eigenvalue weighted by molar-refractivity contribution is 6.31. The number of hydrogen-bond donors (Lipinski definition) is 1. The Labute approximate surface area is 132 Å². The third-order valence-electron chi connectivity index (χ3n) is 3.92. The second-order valence-corrected chi connectivity index (χ2v) is 6.10. The predicted molar refractivity (Wildman–Crippen MR) is 81.8 cm³/mol. The molecule has 7 heteroatoms. The van der Waals surface area contributed by atoms with E-state index in [0.717, 1.165) is 24.1 Å². The molecule has 1 amide bonds. The van der Waals surface area contributed by atoms with Crippen molar-refractivity contribution in [3.8, 4) is 0 Å². The summed E-state index contributed by atoms with van der Waals surface area (Å²) in [5.41, 5.74) is 2.32. The van der Waals surface area contributed by atoms with Gasteiger partial charge in [0.2, 0.25) is 0 Å². The summed E-state index contributed by atoms with van der Waals surface area (Å²) in [6.07, 6.45) is 3.46. The maximum absolute atomic E-state index is 12.6. The van der Waals surface area contributed by atoms with Gasteiger partial charge in [-0.15, -0.1) is 0 Å². The van der Waals surface area contributed by atoms with Crippen LogP contribution in [0.2, 0.25) is 10.2 Å². The molecule has 1 N–H and O–H groups in total. The number of nitrogens with one attached hydrogen (secondary N) is 1. The third kappa shape index (κ3) is 2.45. The van der Waals surface area contributed by atoms with E-state index < -0.39 is 0 Å². The number of likely N-dealkylation sites (tertiary alicyclic amines) is 1. The first-order chi connectivity index (χ1) is 9.99. The first kappa shape index (κ1) is 14.5. The summed E-state index contributed by atoms with van der Waals surface area (Å²) in [5.74, 6) is -0.0521. The number of aromatic nitrogens is 3. The molecule has 1 fully saturated rings. The quantitative estimate of drug-likeness (QED) is 0.920. The van der Waals surface area contributed by atoms with Gasteiger partial charge in [-0.2, -0.15) is 5.10 Å². The Hall–Kier alpha value is -1.46. The number of carbonyl (C=O) groups is 1. The van der Waals surface area contributed by atoms with Gasteiger partial charge >= 0.3 is 0 Å². The van der Waals surface area contributed by atoms with Crippen molar-refractivity contribution in [2.45, 2.75) is 25.8 Å². The average molecular weight is 327 g/mol. The SMILES string of the molecule is Cc1nn(C)c(Cl)c1[C@@H]1CCCN1C(=O)c1cc(Cl)c[nH]1. The Morgan fingerprint density at radius 2 is 2.24 bits per heavy atom. The van der Waals surface area contributed by atoms with Crippen LogP contribution in [0.15, 0.2) is 12.3 Å². The molecule has 1 atom stereocenters. The van der Waals surface area contributed by atoms with Crippen molar-refractivity contribution in [2.24, 2.45) is 7.05 Å². The molecule has 21 heavy (non-hydrogen) atoms. The van der Waals surface area contributed by atoms with Crippen LogP contribution in [0.3, 0.4) is 0 Å². The van der Waals surface area contributed by atoms with Gasteiger partial charge in [0.25, 0.3) is 5.91 Å². The van der Waals surface area contributed by atoms with E-state index in [1.807, 2.05) is 18.9 Å². The molecule has 0 unspecified atom stereocenters. The van der Waals surface area contributed by atoms with E-state index in [9.17, 15) is 4.79 Å². The van der Waals surface area contributed by atoms with Gasteiger partial charge in [-0.1, -0.05) is 23.2 Å². The molecule has 5 nitrogen and oxygen atoms in total. The van der Waals surface area contributed by atoms with Crippen molar-refractivity contribution in [3.05, 3.63) is 39.4 Å². The number of nitrogens with zero attached hydrogens (tertiary/aromatic N) is 3. The van der Waals surface area contributed by atoms with E-state index >= 15 is 0 Å². The molecule has 0 radical (unpaired) electrons. The van der Waals surface area contributed by atoms with Crippen molar-refractivity contribution in [3.63, 3.8) is 0 Å². The van der Waals surface area contributed by atoms with Gasteiger partial charge in [0.05, 0.1) is 16.8 Å². The lowest BCUT2D eigenvalue weighted by atomic mass is 10.1. The van der Waals surface area contributed by atoms with Crippen molar-refractivity contribution >= 4 is 29.1 Å². The zero-order chi connectivity index (χ0) is 15.1. The first-order valence-corrected chi connectivity index (χ1v) is 7.58. The van der Waals surface area contributed by atoms with E-state index in [1.54, 1.807) is 16.9 Å². The molecule has 1 aliphatic heterocycles. The summed E-state index contributed by atoms with van der Waals surface area (Å²) >= 11 is 12.2. The van der Waals surface area contributed by atoms with Crippen LogP contribution in [-0.4, -0.2) is 32.1 Å². The maximum atomic E-state index is 12.6. The van der Waals surface area contributed by atoms with Crippen LogP contribution in [0.4, 0.5) is 0 Å². The number of rotatable bonds is 2. The van der Waals surface area contributed by atoms with Crippen LogP contribution in [0.5, 0.6) is 0 Å². The van der Waals surface area contributed by atoms with Gasteiger partial charge in [0.1, 0.15) is 10.8 Å². The fourth-order valence-corrected chi connectivity index (χ4v) is 3.45. The smallest absolute Gasteiger partial charge is 0.270 e. The fourth-order valence-electron chi connectivity index (χ4n) is 2.98. The average Bonchev–Trinajstić information content (AvgIpc) is 3.11. The molecule has 1 aliphatic rings. The van der Waals surface area contributed by atoms with Crippen molar-refractivity contribution < 1.29 is 4.79 Å². The summed E-state index contributed by atoms with van der Waals surface area (Å²) < 4.78 is 1.65. The van der Waals surface area contributed by atoms with Crippen molar-refractivity contribution in [1.82, 2.24) is 19.7 Å². The molecule has 0 saturated carbocycles. The largest absolute Gasteiger partial charge is 0.356 e. The summed E-state index contributed by atoms with van der Waals surface area (Å²) in [7, 11) is 1.81. The number of halogens is 2. The van der Waals surface area contributed by atoms with Gasteiger partial charge in [0, 0.05) is 25.4 Å². The molecule has 1 saturated heterocycles. The summed E-state index contributed by atoms with van der Waals surface area (Å²) in [5, 5.41) is 5.47. The molecule has 3 rings (SSSR count). The van der Waals surface area contributed by atoms with Crippen LogP contribution in [0.1, 0.15) is 40.6 Å². The van der Waals surface area contributed by atoms with Crippen LogP contribution in [0.25, 0.3) is 0 Å². The monoisotopic (exact) mass is 326 g/mol. The normalized spacial score (nSPS) is 18.5. The summed E-state index contributed by atoms with van der Waals surface area (Å²) in [4.78, 5) is 17.4. The van der Waals surface area contributed by atoms with Crippen LogP contribution in [0, 0.1) is 6.92 Å². The summed E-state index contributed by atoms with van der Waals surface area (Å²) in [6, 6.07) is 1.62. The molecule has 0 aliphatic carbocycles. The Kier molecular flexibility index (Phi) is 3.71. The number of aryl methyl sites for hydroxylation is 2. The van der Waals surface area contributed by atoms with E-state index in [-0.39, 0.29) is 11.9 Å². The number of hydrogen-bond acceptors (Lipinski definition) is 2. The second-order valence-electron chi connectivity index (χ2n) is 5.30. The lowest BCUT2D eigenvalue weighted by Crippen LogP contribution is -2.31. The van der Waals surface area contributed by atoms with Gasteiger partial charge in [-0.05, 0) is 25.8 Å². The number of H-pyrrole nitrogens is 1. The lowest BCUT2D eigenvalue weighted by molar-refractivity contribution is 0.0730. The van der Waals surface area contributed by atoms with Crippen LogP contribution < -0.4 is 0 Å². The number of amides is 1. The van der Waals surface area contributed by atoms with Crippen LogP contribution >= 0.6 is 23.2 Å². The molecular weight excluding hydrogens is 311 g/mol. The summed E-state index contributed by atoms with van der Waals surface area (Å²) in [6.45, 7) is 2.64. The van der Waals surface area contributed by atoms with Gasteiger partial charge < -0.3 is 9.88 Å². The number of aromatic amines is 1. The minimum atomic E-state index is -0.0521. The third-order valence-corrected chi connectivity index (χ3v) is 4.59. The molecule has 112 valence electrons. The lowest BCUT2D eigenvalue weighted by Gasteiger charge is -2.24. The molecular formula is C14H16Cl2N4O. The minimum Gasteiger partial charge on any atom is -0.356 e. The van der Waals surface area contributed by atoms with Crippen molar-refractivity contribution in [2.75, 3.05) is 6.54 Å². The predicted octanol–water partition coefficient (Wildman–Crippen LogP) is 3.34. The number of carbonyl (C=O) groups excluding carboxylic acids is 1. The van der Waals surface area contributed by atoms with Gasteiger partial charge in [0.15, 0.2) is 0 Å². The highest BCUT2D eigenvalue weighted by atomic mass is 35.5. The maximum Gasteiger partial charge on any atom is 0.270 e. The first-order valence-electron chi connectivity index (χ1n) is 6.83. The molecule has 2 aromatic rings. The second kappa shape index (κ2) is 5.39. The molecule has 3 heterocycles. The van der Waals surface area contributed by atoms with E-state index in [2.05, 4.69) is 10.1 Å². The van der Waals surface area contributed by atoms with Gasteiger partial charge in [-0.3, -0.25) is 9.48 Å². The fraction of sp³-hybridized carbons (Fsp3) is 0.429. The highest BCUT2D eigenvalue weighted by Crippen LogP contribution is 2.38. The standard InChI is InChI=1S/C14H16Cl2N4O/c1-8-12(13(16)19(2)18-8)11-4-3-5-20(11)14(21)10-6-9(15)7-17-10/h6-7,11,17H,3-5H2,1-2H3/t11-/m0/s1. The molecule has 2 aromatic heterocycles. The zero-order valence-electron chi connectivity index (χ0n) is 11.9. The van der Waals surface area contributed by atoms with E-state index in [1.165, 1.54) is 0 Å². The Morgan fingerprint density at radius 3 is 2.81 bits per heavy atom. The minimum absolute atomic E-state index is 0.0271. The van der Waals surface area contributed by atoms with Crippen LogP contribution in [-0.2, 0) is 7.05 Å². The van der Waals surface area contributed by atoms with Crippen molar-refractivity contribution in [1.29, 1.82) is 0 Å². The van der Waals surface area contributed by atoms with Gasteiger partial charge in [-0.25, -0.2) is 0 Å². The van der Waals surface area contributed by atoms with E-state index in [4.69, 9.17) is 23.2 Å². The molecule has 0 bridgehead atoms. The van der Waals surface area contributed by atoms with E-state index in [0.29, 0.717) is 22.4 Å². The Bertz CT molecular complexity index is 691. The Balaban J connectivity index is 1.94. The molecule has 0 aromatic carbocycles.